The molecule has 2 N–H and O–H groups in total. The highest BCUT2D eigenvalue weighted by Gasteiger charge is 2.33. The molecule has 0 saturated heterocycles. The molecule has 1 aliphatic rings. The molecule has 1 atom stereocenters. The number of rotatable bonds is 2. The molecular formula is C16H23NO2. The van der Waals surface area contributed by atoms with Crippen LogP contribution in [0.4, 0.5) is 5.69 Å². The Balaban J connectivity index is 2.72. The van der Waals surface area contributed by atoms with Gasteiger partial charge in [-0.3, -0.25) is 4.79 Å². The molecule has 0 spiro atoms. The maximum absolute atomic E-state index is 11.8. The van der Waals surface area contributed by atoms with E-state index in [1.807, 2.05) is 13.0 Å². The predicted molar refractivity (Wildman–Crippen MR) is 77.8 cm³/mol. The molecule has 1 aromatic carbocycles. The highest BCUT2D eigenvalue weighted by molar-refractivity contribution is 5.97. The number of fused-ring (bicyclic) bond motifs is 1. The maximum Gasteiger partial charge on any atom is 0.160 e. The molecule has 3 nitrogen and oxygen atoms in total. The summed E-state index contributed by atoms with van der Waals surface area (Å²) in [7, 11) is 0. The average molecular weight is 261 g/mol. The summed E-state index contributed by atoms with van der Waals surface area (Å²) in [6.45, 7) is 10.0. The van der Waals surface area contributed by atoms with Gasteiger partial charge in [-0.15, -0.1) is 0 Å². The minimum Gasteiger partial charge on any atom is -0.392 e. The first-order valence-corrected chi connectivity index (χ1v) is 6.83. The molecule has 0 fully saturated rings. The molecule has 2 rings (SSSR count). The van der Waals surface area contributed by atoms with Crippen LogP contribution in [0, 0.1) is 6.92 Å². The second-order valence-electron chi connectivity index (χ2n) is 6.34. The fourth-order valence-corrected chi connectivity index (χ4v) is 3.34. The minimum absolute atomic E-state index is 0.0204. The van der Waals surface area contributed by atoms with Crippen molar-refractivity contribution in [1.29, 1.82) is 0 Å². The molecule has 1 unspecified atom stereocenters. The van der Waals surface area contributed by atoms with E-state index in [1.54, 1.807) is 6.92 Å². The van der Waals surface area contributed by atoms with Gasteiger partial charge >= 0.3 is 0 Å². The number of Topliss-reactive ketones (excluding diaryl/α,β-unsaturated/α-hetero) is 1. The number of carbonyl (C=O) groups is 1. The van der Waals surface area contributed by atoms with Crippen molar-refractivity contribution in [3.63, 3.8) is 0 Å². The SMILES string of the molecule is CC(=O)c1cc(C)c2c(c1CO)C(C)CC(C)(C)N2. The first kappa shape index (κ1) is 14.1. The summed E-state index contributed by atoms with van der Waals surface area (Å²) >= 11 is 0. The van der Waals surface area contributed by atoms with Crippen molar-refractivity contribution in [3.05, 3.63) is 28.3 Å². The lowest BCUT2D eigenvalue weighted by molar-refractivity contribution is 0.101. The Morgan fingerprint density at radius 2 is 2.16 bits per heavy atom. The number of aryl methyl sites for hydroxylation is 1. The third-order valence-corrected chi connectivity index (χ3v) is 3.98. The van der Waals surface area contributed by atoms with Crippen LogP contribution in [-0.4, -0.2) is 16.4 Å². The highest BCUT2D eigenvalue weighted by atomic mass is 16.3. The minimum atomic E-state index is -0.0794. The summed E-state index contributed by atoms with van der Waals surface area (Å²) < 4.78 is 0. The Bertz CT molecular complexity index is 532. The average Bonchev–Trinajstić information content (AvgIpc) is 2.28. The Labute approximate surface area is 115 Å². The first-order valence-electron chi connectivity index (χ1n) is 6.83. The number of nitrogens with one attached hydrogen (secondary N) is 1. The number of aliphatic hydroxyl groups is 1. The summed E-state index contributed by atoms with van der Waals surface area (Å²) in [5, 5.41) is 13.2. The lowest BCUT2D eigenvalue weighted by Gasteiger charge is -2.40. The first-order chi connectivity index (χ1) is 8.76. The Morgan fingerprint density at radius 3 is 2.68 bits per heavy atom. The number of hydrogen-bond acceptors (Lipinski definition) is 3. The monoisotopic (exact) mass is 261 g/mol. The van der Waals surface area contributed by atoms with E-state index in [0.29, 0.717) is 11.5 Å². The molecule has 0 bridgehead atoms. The van der Waals surface area contributed by atoms with Gasteiger partial charge in [0, 0.05) is 16.8 Å². The van der Waals surface area contributed by atoms with E-state index >= 15 is 0 Å². The maximum atomic E-state index is 11.8. The van der Waals surface area contributed by atoms with Gasteiger partial charge in [-0.25, -0.2) is 0 Å². The lowest BCUT2D eigenvalue weighted by atomic mass is 9.77. The van der Waals surface area contributed by atoms with Crippen molar-refractivity contribution in [3.8, 4) is 0 Å². The summed E-state index contributed by atoms with van der Waals surface area (Å²) in [5.41, 5.74) is 4.79. The van der Waals surface area contributed by atoms with Crippen LogP contribution >= 0.6 is 0 Å². The third-order valence-electron chi connectivity index (χ3n) is 3.98. The number of ketones is 1. The molecule has 1 aromatic rings. The van der Waals surface area contributed by atoms with Crippen LogP contribution in [0.25, 0.3) is 0 Å². The van der Waals surface area contributed by atoms with Gasteiger partial charge in [0.15, 0.2) is 5.78 Å². The normalized spacial score (nSPS) is 20.6. The quantitative estimate of drug-likeness (QED) is 0.802. The van der Waals surface area contributed by atoms with Gasteiger partial charge in [0.25, 0.3) is 0 Å². The smallest absolute Gasteiger partial charge is 0.160 e. The van der Waals surface area contributed by atoms with Crippen LogP contribution in [0.2, 0.25) is 0 Å². The van der Waals surface area contributed by atoms with Crippen molar-refractivity contribution in [2.24, 2.45) is 0 Å². The van der Waals surface area contributed by atoms with Gasteiger partial charge in [0.2, 0.25) is 0 Å². The van der Waals surface area contributed by atoms with Crippen LogP contribution in [-0.2, 0) is 6.61 Å². The van der Waals surface area contributed by atoms with Crippen LogP contribution in [0.15, 0.2) is 6.07 Å². The molecule has 0 saturated carbocycles. The molecule has 1 aliphatic heterocycles. The lowest BCUT2D eigenvalue weighted by Crippen LogP contribution is -2.37. The number of hydrogen-bond donors (Lipinski definition) is 2. The zero-order valence-electron chi connectivity index (χ0n) is 12.4. The van der Waals surface area contributed by atoms with E-state index in [0.717, 1.165) is 28.8 Å². The zero-order valence-corrected chi connectivity index (χ0v) is 12.4. The number of anilines is 1. The fourth-order valence-electron chi connectivity index (χ4n) is 3.34. The molecule has 0 amide bonds. The van der Waals surface area contributed by atoms with Crippen molar-refractivity contribution in [2.75, 3.05) is 5.32 Å². The zero-order chi connectivity index (χ0) is 14.4. The van der Waals surface area contributed by atoms with Gasteiger partial charge in [0.1, 0.15) is 0 Å². The molecule has 0 aliphatic carbocycles. The fraction of sp³-hybridized carbons (Fsp3) is 0.562. The third kappa shape index (κ3) is 2.39. The van der Waals surface area contributed by atoms with E-state index in [4.69, 9.17) is 0 Å². The van der Waals surface area contributed by atoms with E-state index in [1.165, 1.54) is 0 Å². The predicted octanol–water partition coefficient (Wildman–Crippen LogP) is 3.39. The van der Waals surface area contributed by atoms with Crippen molar-refractivity contribution in [2.45, 2.75) is 59.1 Å². The summed E-state index contributed by atoms with van der Waals surface area (Å²) in [6.07, 6.45) is 0.994. The van der Waals surface area contributed by atoms with Crippen molar-refractivity contribution in [1.82, 2.24) is 0 Å². The summed E-state index contributed by atoms with van der Waals surface area (Å²) in [4.78, 5) is 11.8. The molecule has 3 heteroatoms. The van der Waals surface area contributed by atoms with Crippen molar-refractivity contribution < 1.29 is 9.90 Å². The largest absolute Gasteiger partial charge is 0.392 e. The van der Waals surface area contributed by atoms with Crippen molar-refractivity contribution >= 4 is 11.5 Å². The number of carbonyl (C=O) groups excluding carboxylic acids is 1. The summed E-state index contributed by atoms with van der Waals surface area (Å²) in [5.74, 6) is 0.360. The Kier molecular flexibility index (Phi) is 3.43. The van der Waals surface area contributed by atoms with Crippen LogP contribution < -0.4 is 5.32 Å². The Morgan fingerprint density at radius 1 is 1.53 bits per heavy atom. The van der Waals surface area contributed by atoms with Crippen LogP contribution in [0.3, 0.4) is 0 Å². The van der Waals surface area contributed by atoms with Gasteiger partial charge in [-0.05, 0) is 62.8 Å². The van der Waals surface area contributed by atoms with Gasteiger partial charge in [-0.1, -0.05) is 6.92 Å². The molecule has 19 heavy (non-hydrogen) atoms. The second kappa shape index (κ2) is 4.64. The highest BCUT2D eigenvalue weighted by Crippen LogP contribution is 2.43. The van der Waals surface area contributed by atoms with E-state index in [2.05, 4.69) is 26.1 Å². The number of aliphatic hydroxyl groups excluding tert-OH is 1. The molecule has 0 radical (unpaired) electrons. The Hall–Kier alpha value is -1.35. The molecule has 0 aromatic heterocycles. The topological polar surface area (TPSA) is 49.3 Å². The standard InChI is InChI=1S/C16H23NO2/c1-9-6-12(11(3)19)13(8-18)14-10(2)7-16(4,5)17-15(9)14/h6,10,17-18H,7-8H2,1-5H3. The van der Waals surface area contributed by atoms with Gasteiger partial charge < -0.3 is 10.4 Å². The number of benzene rings is 1. The second-order valence-corrected chi connectivity index (χ2v) is 6.34. The van der Waals surface area contributed by atoms with Gasteiger partial charge in [-0.2, -0.15) is 0 Å². The van der Waals surface area contributed by atoms with Crippen LogP contribution in [0.1, 0.15) is 67.1 Å². The van der Waals surface area contributed by atoms with Gasteiger partial charge in [0.05, 0.1) is 6.61 Å². The van der Waals surface area contributed by atoms with E-state index in [9.17, 15) is 9.90 Å². The molecule has 104 valence electrons. The van der Waals surface area contributed by atoms with E-state index in [-0.39, 0.29) is 17.9 Å². The molecular weight excluding hydrogens is 238 g/mol. The van der Waals surface area contributed by atoms with Crippen LogP contribution in [0.5, 0.6) is 0 Å². The molecule has 1 heterocycles. The van der Waals surface area contributed by atoms with E-state index < -0.39 is 0 Å². The summed E-state index contributed by atoms with van der Waals surface area (Å²) in [6, 6.07) is 1.90.